The average Bonchev–Trinajstić information content (AvgIpc) is 1.38. The monoisotopic (exact) mass is 90.0 g/mol. The first-order valence-corrected chi connectivity index (χ1v) is 2.29. The zero-order valence-corrected chi connectivity index (χ0v) is 3.28. The minimum Gasteiger partial charge on any atom is -0.296 e. The first-order chi connectivity index (χ1) is 2.27. The van der Waals surface area contributed by atoms with Crippen molar-refractivity contribution >= 4 is 21.7 Å². The SMILES string of the molecule is [B]P(F)C=O. The largest absolute Gasteiger partial charge is 0.296 e. The molecule has 0 spiro atoms. The molecular formula is CHBFOP. The van der Waals surface area contributed by atoms with E-state index in [1.807, 2.05) is 0 Å². The van der Waals surface area contributed by atoms with Crippen LogP contribution in [0.3, 0.4) is 0 Å². The quantitative estimate of drug-likeness (QED) is 0.262. The molecule has 0 aromatic rings. The van der Waals surface area contributed by atoms with Crippen molar-refractivity contribution in [3.8, 4) is 0 Å². The lowest BCUT2D eigenvalue weighted by Crippen LogP contribution is -1.56. The maximum Gasteiger partial charge on any atom is 0.166 e. The summed E-state index contributed by atoms with van der Waals surface area (Å²) in [4.78, 5) is 9.03. The van der Waals surface area contributed by atoms with Gasteiger partial charge in [0.15, 0.2) is 13.6 Å². The molecule has 0 heterocycles. The highest BCUT2D eigenvalue weighted by atomic mass is 31.2. The highest BCUT2D eigenvalue weighted by Gasteiger charge is 1.85. The lowest BCUT2D eigenvalue weighted by molar-refractivity contribution is 0.568. The van der Waals surface area contributed by atoms with Crippen LogP contribution in [0.25, 0.3) is 0 Å². The van der Waals surface area contributed by atoms with E-state index in [1.54, 1.807) is 0 Å². The summed E-state index contributed by atoms with van der Waals surface area (Å²) in [7, 11) is 2.04. The van der Waals surface area contributed by atoms with Crippen molar-refractivity contribution in [1.29, 1.82) is 0 Å². The normalized spacial score (nSPS) is 13.8. The smallest absolute Gasteiger partial charge is 0.166 e. The molecule has 2 radical (unpaired) electrons. The molecule has 1 nitrogen and oxygen atoms in total. The minimum absolute atomic E-state index is 0.0926. The molecule has 4 heteroatoms. The molecule has 0 rings (SSSR count). The van der Waals surface area contributed by atoms with Gasteiger partial charge in [-0.2, -0.15) is 0 Å². The van der Waals surface area contributed by atoms with Gasteiger partial charge in [-0.05, 0) is 0 Å². The summed E-state index contributed by atoms with van der Waals surface area (Å²) in [5, 5.41) is 0. The zero-order chi connectivity index (χ0) is 4.28. The van der Waals surface area contributed by atoms with Crippen LogP contribution in [-0.2, 0) is 4.79 Å². The zero-order valence-electron chi connectivity index (χ0n) is 2.39. The number of carbonyl (C=O) groups excluding carboxylic acids is 1. The topological polar surface area (TPSA) is 17.1 Å². The summed E-state index contributed by atoms with van der Waals surface area (Å²) in [5.41, 5.74) is 0. The molecule has 1 unspecified atom stereocenters. The van der Waals surface area contributed by atoms with Crippen LogP contribution >= 0.6 is 8.11 Å². The van der Waals surface area contributed by atoms with Crippen LogP contribution in [0.2, 0.25) is 0 Å². The molecule has 0 aromatic heterocycles. The van der Waals surface area contributed by atoms with Gasteiger partial charge in [-0.3, -0.25) is 4.79 Å². The highest BCUT2D eigenvalue weighted by Crippen LogP contribution is 2.23. The Labute approximate surface area is 31.8 Å². The molecule has 0 bridgehead atoms. The first kappa shape index (κ1) is 5.09. The summed E-state index contributed by atoms with van der Waals surface area (Å²) in [6.45, 7) is 0. The molecule has 0 aliphatic rings. The van der Waals surface area contributed by atoms with Gasteiger partial charge in [-0.25, -0.2) is 4.20 Å². The average molecular weight is 89.8 g/mol. The van der Waals surface area contributed by atoms with Crippen molar-refractivity contribution in [2.24, 2.45) is 0 Å². The van der Waals surface area contributed by atoms with E-state index in [4.69, 9.17) is 4.79 Å². The number of rotatable bonds is 1. The second kappa shape index (κ2) is 2.34. The molecule has 0 aliphatic carbocycles. The fourth-order valence-corrected chi connectivity index (χ4v) is 0. The molecule has 0 amide bonds. The Morgan fingerprint density at radius 2 is 2.20 bits per heavy atom. The van der Waals surface area contributed by atoms with E-state index < -0.39 is 8.11 Å². The standard InChI is InChI=1S/CHBFOP/c2-5(3)1-4/h1H. The van der Waals surface area contributed by atoms with E-state index in [-0.39, 0.29) is 6.03 Å². The van der Waals surface area contributed by atoms with E-state index in [9.17, 15) is 4.20 Å². The van der Waals surface area contributed by atoms with Crippen molar-refractivity contribution < 1.29 is 8.99 Å². The van der Waals surface area contributed by atoms with Crippen LogP contribution in [0.1, 0.15) is 0 Å². The van der Waals surface area contributed by atoms with E-state index in [0.717, 1.165) is 0 Å². The fraction of sp³-hybridized carbons (Fsp3) is 0. The van der Waals surface area contributed by atoms with Crippen LogP contribution < -0.4 is 0 Å². The lowest BCUT2D eigenvalue weighted by Gasteiger charge is -1.74. The Hall–Kier alpha value is 0.0949. The molecule has 0 saturated carbocycles. The third-order valence-corrected chi connectivity index (χ3v) is 0.302. The maximum absolute atomic E-state index is 10.9. The maximum atomic E-state index is 10.9. The number of halogens is 1. The van der Waals surface area contributed by atoms with E-state index in [1.165, 1.54) is 0 Å². The number of hydrogen-bond donors (Lipinski definition) is 0. The van der Waals surface area contributed by atoms with E-state index in [0.29, 0.717) is 0 Å². The molecule has 0 saturated heterocycles. The third-order valence-electron chi connectivity index (χ3n) is 0.101. The van der Waals surface area contributed by atoms with Gasteiger partial charge in [0.2, 0.25) is 0 Å². The van der Waals surface area contributed by atoms with Gasteiger partial charge in [0, 0.05) is 0 Å². The van der Waals surface area contributed by atoms with E-state index in [2.05, 4.69) is 7.57 Å². The van der Waals surface area contributed by atoms with Crippen molar-refractivity contribution in [2.45, 2.75) is 0 Å². The molecule has 1 atom stereocenters. The summed E-state index contributed by atoms with van der Waals surface area (Å²) in [6, 6.07) is 0.0926. The van der Waals surface area contributed by atoms with Gasteiger partial charge in [-0.1, -0.05) is 0 Å². The molecule has 0 N–H and O–H groups in total. The van der Waals surface area contributed by atoms with Gasteiger partial charge < -0.3 is 0 Å². The first-order valence-electron chi connectivity index (χ1n) is 0.921. The van der Waals surface area contributed by atoms with Gasteiger partial charge in [-0.15, -0.1) is 0 Å². The van der Waals surface area contributed by atoms with Crippen molar-refractivity contribution in [3.63, 3.8) is 0 Å². The lowest BCUT2D eigenvalue weighted by atomic mass is 10.8. The Morgan fingerprint density at radius 3 is 2.20 bits per heavy atom. The second-order valence-electron chi connectivity index (χ2n) is 0.450. The summed E-state index contributed by atoms with van der Waals surface area (Å²) in [5.74, 6) is 0. The highest BCUT2D eigenvalue weighted by molar-refractivity contribution is 7.89. The van der Waals surface area contributed by atoms with Gasteiger partial charge in [0.05, 0.1) is 8.11 Å². The van der Waals surface area contributed by atoms with Crippen LogP contribution in [0, 0.1) is 0 Å². The molecule has 0 aromatic carbocycles. The van der Waals surface area contributed by atoms with Gasteiger partial charge in [0.1, 0.15) is 0 Å². The van der Waals surface area contributed by atoms with Crippen LogP contribution in [0.4, 0.5) is 4.20 Å². The second-order valence-corrected chi connectivity index (χ2v) is 1.35. The summed E-state index contributed by atoms with van der Waals surface area (Å²) < 4.78 is 10.9. The number of carbonyl (C=O) groups is 1. The van der Waals surface area contributed by atoms with Crippen molar-refractivity contribution in [2.75, 3.05) is 0 Å². The van der Waals surface area contributed by atoms with E-state index >= 15 is 0 Å². The van der Waals surface area contributed by atoms with Crippen LogP contribution in [-0.4, -0.2) is 13.6 Å². The van der Waals surface area contributed by atoms with Crippen molar-refractivity contribution in [1.82, 2.24) is 0 Å². The predicted octanol–water partition coefficient (Wildman–Crippen LogP) is 0.626. The number of hydrogen-bond acceptors (Lipinski definition) is 1. The molecule has 26 valence electrons. The van der Waals surface area contributed by atoms with Crippen LogP contribution in [0.15, 0.2) is 0 Å². The van der Waals surface area contributed by atoms with Crippen LogP contribution in [0.5, 0.6) is 0 Å². The fourth-order valence-electron chi connectivity index (χ4n) is 0. The van der Waals surface area contributed by atoms with Gasteiger partial charge in [0.25, 0.3) is 0 Å². The summed E-state index contributed by atoms with van der Waals surface area (Å²) in [6.07, 6.45) is 0. The van der Waals surface area contributed by atoms with Gasteiger partial charge >= 0.3 is 0 Å². The minimum atomic E-state index is -2.28. The Bertz CT molecular complexity index is 38.6. The van der Waals surface area contributed by atoms with Crippen molar-refractivity contribution in [3.05, 3.63) is 0 Å². The third kappa shape index (κ3) is 4.09. The Balaban J connectivity index is 2.83. The molecule has 0 aliphatic heterocycles. The molecule has 0 fully saturated rings. The molecular weight excluding hydrogens is 88.8 g/mol. The summed E-state index contributed by atoms with van der Waals surface area (Å²) >= 11 is 0. The predicted molar refractivity (Wildman–Crippen MR) is 20.5 cm³/mol. The Kier molecular flexibility index (Phi) is 2.38. The Morgan fingerprint density at radius 1 is 2.00 bits per heavy atom. The molecule has 5 heavy (non-hydrogen) atoms.